The Bertz CT molecular complexity index is 884. The average Bonchev–Trinajstić information content (AvgIpc) is 2.67. The molecule has 2 aliphatic rings. The van der Waals surface area contributed by atoms with E-state index in [1.54, 1.807) is 37.8 Å². The molecule has 3 rings (SSSR count). The van der Waals surface area contributed by atoms with Gasteiger partial charge in [-0.25, -0.2) is 9.18 Å². The van der Waals surface area contributed by atoms with Crippen molar-refractivity contribution in [1.29, 1.82) is 5.41 Å². The smallest absolute Gasteiger partial charge is 0.410 e. The summed E-state index contributed by atoms with van der Waals surface area (Å²) in [5.74, 6) is -0.326. The number of benzene rings is 1. The molecule has 0 radical (unpaired) electrons. The van der Waals surface area contributed by atoms with Crippen LogP contribution in [0.1, 0.15) is 33.6 Å². The van der Waals surface area contributed by atoms with Crippen molar-refractivity contribution in [2.24, 2.45) is 5.41 Å². The van der Waals surface area contributed by atoms with Crippen LogP contribution in [0, 0.1) is 16.6 Å². The molecule has 1 unspecified atom stereocenters. The summed E-state index contributed by atoms with van der Waals surface area (Å²) in [5, 5.41) is 11.0. The van der Waals surface area contributed by atoms with Crippen molar-refractivity contribution < 1.29 is 18.7 Å². The van der Waals surface area contributed by atoms with Crippen LogP contribution < -0.4 is 5.32 Å². The number of carbonyl (C=O) groups excluding carboxylic acids is 2. The van der Waals surface area contributed by atoms with Crippen LogP contribution in [0.4, 0.5) is 14.9 Å². The molecule has 1 atom stereocenters. The molecule has 0 spiro atoms. The predicted octanol–water partition coefficient (Wildman–Crippen LogP) is 4.30. The van der Waals surface area contributed by atoms with Gasteiger partial charge in [-0.15, -0.1) is 0 Å². The van der Waals surface area contributed by atoms with E-state index in [0.29, 0.717) is 36.3 Å². The maximum Gasteiger partial charge on any atom is 0.410 e. The van der Waals surface area contributed by atoms with E-state index in [0.717, 1.165) is 11.9 Å². The quantitative estimate of drug-likeness (QED) is 0.584. The van der Waals surface area contributed by atoms with E-state index in [-0.39, 0.29) is 12.4 Å². The van der Waals surface area contributed by atoms with E-state index in [4.69, 9.17) is 10.1 Å². The number of hydrogen-bond acceptors (Lipinski definition) is 5. The third-order valence-electron chi connectivity index (χ3n) is 5.11. The molecule has 1 fully saturated rings. The van der Waals surface area contributed by atoms with E-state index >= 15 is 0 Å². The lowest BCUT2D eigenvalue weighted by Gasteiger charge is -2.44. The van der Waals surface area contributed by atoms with Gasteiger partial charge in [0.05, 0.1) is 5.41 Å². The Balaban J connectivity index is 1.85. The molecular formula is C22H26FN3O3. The van der Waals surface area contributed by atoms with Crippen molar-refractivity contribution in [3.8, 4) is 0 Å². The second-order valence-corrected chi connectivity index (χ2v) is 8.49. The van der Waals surface area contributed by atoms with Gasteiger partial charge in [0.15, 0.2) is 0 Å². The lowest BCUT2D eigenvalue weighted by Crippen LogP contribution is -2.50. The lowest BCUT2D eigenvalue weighted by atomic mass is 9.69. The average molecular weight is 399 g/mol. The molecule has 7 heteroatoms. The number of hydrogen-bond donors (Lipinski definition) is 2. The Labute approximate surface area is 169 Å². The molecule has 1 aromatic carbocycles. The third kappa shape index (κ3) is 4.55. The first-order valence-electron chi connectivity index (χ1n) is 9.57. The number of likely N-dealkylation sites (tertiary alicyclic amines) is 1. The lowest BCUT2D eigenvalue weighted by molar-refractivity contribution is -0.116. The molecule has 6 nitrogen and oxygen atoms in total. The van der Waals surface area contributed by atoms with Crippen molar-refractivity contribution in [2.45, 2.75) is 39.2 Å². The highest BCUT2D eigenvalue weighted by atomic mass is 19.1. The second kappa shape index (κ2) is 7.81. The number of rotatable bonds is 4. The molecule has 1 aromatic rings. The number of ether oxygens (including phenoxy) is 1. The molecule has 1 aliphatic carbocycles. The summed E-state index contributed by atoms with van der Waals surface area (Å²) < 4.78 is 18.6. The largest absolute Gasteiger partial charge is 0.444 e. The maximum atomic E-state index is 13.2. The Kier molecular flexibility index (Phi) is 5.59. The summed E-state index contributed by atoms with van der Waals surface area (Å²) in [6.07, 6.45) is 4.40. The number of halogens is 1. The molecule has 2 N–H and O–H groups in total. The fourth-order valence-electron chi connectivity index (χ4n) is 3.68. The monoisotopic (exact) mass is 399 g/mol. The van der Waals surface area contributed by atoms with Crippen LogP contribution in [0.2, 0.25) is 0 Å². The minimum atomic E-state index is -0.865. The summed E-state index contributed by atoms with van der Waals surface area (Å²) in [5.41, 5.74) is 1.50. The number of carbonyl (C=O) groups is 2. The van der Waals surface area contributed by atoms with Crippen LogP contribution in [0.25, 0.3) is 0 Å². The van der Waals surface area contributed by atoms with Gasteiger partial charge < -0.3 is 25.2 Å². The minimum absolute atomic E-state index is 0.221. The van der Waals surface area contributed by atoms with Gasteiger partial charge in [0.25, 0.3) is 0 Å². The van der Waals surface area contributed by atoms with Crippen LogP contribution in [0.5, 0.6) is 0 Å². The van der Waals surface area contributed by atoms with E-state index in [2.05, 4.69) is 5.32 Å². The number of allylic oxidation sites excluding steroid dienone is 2. The van der Waals surface area contributed by atoms with Crippen molar-refractivity contribution in [3.63, 3.8) is 0 Å². The number of anilines is 1. The second-order valence-electron chi connectivity index (χ2n) is 8.49. The normalized spacial score (nSPS) is 21.8. The number of nitrogens with zero attached hydrogens (tertiary/aromatic N) is 1. The van der Waals surface area contributed by atoms with E-state index in [1.165, 1.54) is 18.3 Å². The summed E-state index contributed by atoms with van der Waals surface area (Å²) in [6, 6.07) is 5.96. The van der Waals surface area contributed by atoms with Gasteiger partial charge in [0, 0.05) is 30.7 Å². The zero-order chi connectivity index (χ0) is 21.2. The zero-order valence-electron chi connectivity index (χ0n) is 16.9. The summed E-state index contributed by atoms with van der Waals surface area (Å²) in [4.78, 5) is 26.2. The Hall–Kier alpha value is -2.96. The Morgan fingerprint density at radius 1 is 1.31 bits per heavy atom. The van der Waals surface area contributed by atoms with E-state index in [9.17, 15) is 14.0 Å². The molecule has 0 saturated carbocycles. The molecule has 154 valence electrons. The van der Waals surface area contributed by atoms with Gasteiger partial charge in [0.2, 0.25) is 0 Å². The van der Waals surface area contributed by atoms with Crippen LogP contribution in [0.3, 0.4) is 0 Å². The predicted molar refractivity (Wildman–Crippen MR) is 109 cm³/mol. The highest BCUT2D eigenvalue weighted by Crippen LogP contribution is 2.43. The molecule has 0 bridgehead atoms. The maximum absolute atomic E-state index is 13.2. The number of aldehydes is 1. The summed E-state index contributed by atoms with van der Waals surface area (Å²) >= 11 is 0. The van der Waals surface area contributed by atoms with Crippen LogP contribution in [0.15, 0.2) is 47.2 Å². The highest BCUT2D eigenvalue weighted by Gasteiger charge is 2.44. The van der Waals surface area contributed by atoms with Gasteiger partial charge in [0.1, 0.15) is 17.7 Å². The minimum Gasteiger partial charge on any atom is -0.444 e. The van der Waals surface area contributed by atoms with Gasteiger partial charge in [-0.2, -0.15) is 0 Å². The first kappa shape index (κ1) is 20.8. The van der Waals surface area contributed by atoms with Gasteiger partial charge in [-0.05, 0) is 69.5 Å². The molecular weight excluding hydrogens is 373 g/mol. The standard InChI is InChI=1S/C22H26FN3O3/c1-21(2,3)29-20(28)26-9-8-16-10-19(25-18-6-4-17(23)5-7-18)15(12-24)11-22(16,13-26)14-27/h4-7,10,12,14,24-25H,8-9,11,13H2,1-3H3. The first-order valence-corrected chi connectivity index (χ1v) is 9.57. The summed E-state index contributed by atoms with van der Waals surface area (Å²) in [7, 11) is 0. The number of piperidine rings is 1. The topological polar surface area (TPSA) is 82.5 Å². The first-order chi connectivity index (χ1) is 13.7. The van der Waals surface area contributed by atoms with Gasteiger partial charge in [-0.3, -0.25) is 0 Å². The Morgan fingerprint density at radius 2 is 2.00 bits per heavy atom. The van der Waals surface area contributed by atoms with Gasteiger partial charge in [-0.1, -0.05) is 5.57 Å². The fourth-order valence-corrected chi connectivity index (χ4v) is 3.68. The van der Waals surface area contributed by atoms with E-state index in [1.807, 2.05) is 6.08 Å². The van der Waals surface area contributed by atoms with Crippen molar-refractivity contribution in [2.75, 3.05) is 18.4 Å². The summed E-state index contributed by atoms with van der Waals surface area (Å²) in [6.45, 7) is 6.09. The number of fused-ring (bicyclic) bond motifs is 1. The van der Waals surface area contributed by atoms with Crippen LogP contribution >= 0.6 is 0 Å². The molecule has 29 heavy (non-hydrogen) atoms. The number of nitrogens with one attached hydrogen (secondary N) is 2. The third-order valence-corrected chi connectivity index (χ3v) is 5.11. The van der Waals surface area contributed by atoms with Crippen LogP contribution in [-0.2, 0) is 9.53 Å². The van der Waals surface area contributed by atoms with Gasteiger partial charge >= 0.3 is 6.09 Å². The molecule has 0 aromatic heterocycles. The Morgan fingerprint density at radius 3 is 2.59 bits per heavy atom. The SMILES string of the molecule is CC(C)(C)OC(=O)N1CCC2=CC(Nc3ccc(F)cc3)=C(C=N)CC2(C=O)C1. The number of amides is 1. The van der Waals surface area contributed by atoms with E-state index < -0.39 is 17.1 Å². The molecule has 1 aliphatic heterocycles. The zero-order valence-corrected chi connectivity index (χ0v) is 16.9. The molecule has 1 heterocycles. The fraction of sp³-hybridized carbons (Fsp3) is 0.409. The molecule has 1 saturated heterocycles. The highest BCUT2D eigenvalue weighted by molar-refractivity contribution is 5.84. The molecule has 1 amide bonds. The van der Waals surface area contributed by atoms with Crippen molar-refractivity contribution >= 4 is 24.3 Å². The van der Waals surface area contributed by atoms with Crippen molar-refractivity contribution in [1.82, 2.24) is 4.90 Å². The van der Waals surface area contributed by atoms with Crippen molar-refractivity contribution in [3.05, 3.63) is 53.0 Å². The van der Waals surface area contributed by atoms with Crippen LogP contribution in [-0.4, -0.2) is 42.2 Å².